The molecule has 1 N–H and O–H groups in total. The molecular formula is C26H20F3N3O2S3. The van der Waals surface area contributed by atoms with E-state index >= 15 is 0 Å². The molecule has 37 heavy (non-hydrogen) atoms. The smallest absolute Gasteiger partial charge is 0.302 e. The fourth-order valence-electron chi connectivity index (χ4n) is 3.42. The first kappa shape index (κ1) is 26.8. The van der Waals surface area contributed by atoms with Crippen LogP contribution in [0.25, 0.3) is 6.08 Å². The molecule has 5 nitrogen and oxygen atoms in total. The molecule has 3 aromatic rings. The van der Waals surface area contributed by atoms with E-state index in [2.05, 4.69) is 10.3 Å². The van der Waals surface area contributed by atoms with E-state index in [0.29, 0.717) is 24.8 Å². The zero-order chi connectivity index (χ0) is 26.4. The second-order valence-electron chi connectivity index (χ2n) is 7.93. The van der Waals surface area contributed by atoms with Crippen LogP contribution < -0.4 is 5.32 Å². The zero-order valence-corrected chi connectivity index (χ0v) is 21.6. The van der Waals surface area contributed by atoms with Crippen LogP contribution in [0, 0.1) is 0 Å². The summed E-state index contributed by atoms with van der Waals surface area (Å²) in [6.07, 6.45) is 2.77. The molecule has 2 aromatic carbocycles. The van der Waals surface area contributed by atoms with E-state index in [1.807, 2.05) is 36.4 Å². The van der Waals surface area contributed by atoms with Gasteiger partial charge in [0.15, 0.2) is 5.13 Å². The number of anilines is 1. The largest absolute Gasteiger partial charge is 0.416 e. The van der Waals surface area contributed by atoms with Crippen molar-refractivity contribution in [1.82, 2.24) is 9.88 Å². The second kappa shape index (κ2) is 11.8. The molecular weight excluding hydrogens is 540 g/mol. The van der Waals surface area contributed by atoms with Gasteiger partial charge in [0.2, 0.25) is 5.91 Å². The van der Waals surface area contributed by atoms with Gasteiger partial charge >= 0.3 is 6.18 Å². The Labute approximate surface area is 225 Å². The van der Waals surface area contributed by atoms with Gasteiger partial charge in [-0.05, 0) is 23.3 Å². The van der Waals surface area contributed by atoms with Crippen molar-refractivity contribution in [2.75, 3.05) is 11.9 Å². The molecule has 4 rings (SSSR count). The van der Waals surface area contributed by atoms with E-state index in [-0.39, 0.29) is 31.2 Å². The lowest BCUT2D eigenvalue weighted by Crippen LogP contribution is -2.31. The third-order valence-corrected chi connectivity index (χ3v) is 7.51. The van der Waals surface area contributed by atoms with Gasteiger partial charge in [0.25, 0.3) is 5.91 Å². The molecule has 0 aliphatic carbocycles. The van der Waals surface area contributed by atoms with Gasteiger partial charge in [-0.1, -0.05) is 84.7 Å². The molecule has 0 bridgehead atoms. The Kier molecular flexibility index (Phi) is 8.57. The number of benzene rings is 2. The van der Waals surface area contributed by atoms with Gasteiger partial charge in [-0.25, -0.2) is 4.98 Å². The van der Waals surface area contributed by atoms with Crippen molar-refractivity contribution in [2.45, 2.75) is 19.0 Å². The van der Waals surface area contributed by atoms with Crippen LogP contribution in [-0.4, -0.2) is 32.6 Å². The van der Waals surface area contributed by atoms with Crippen LogP contribution in [0.2, 0.25) is 0 Å². The number of carbonyl (C=O) groups is 2. The minimum Gasteiger partial charge on any atom is -0.302 e. The number of aromatic nitrogens is 1. The Morgan fingerprint density at radius 3 is 2.68 bits per heavy atom. The molecule has 0 spiro atoms. The van der Waals surface area contributed by atoms with Crippen molar-refractivity contribution in [3.05, 3.63) is 99.4 Å². The van der Waals surface area contributed by atoms with Crippen LogP contribution in [0.3, 0.4) is 0 Å². The molecule has 0 saturated carbocycles. The lowest BCUT2D eigenvalue weighted by molar-refractivity contribution is -0.137. The highest BCUT2D eigenvalue weighted by Gasteiger charge is 2.32. The summed E-state index contributed by atoms with van der Waals surface area (Å²) in [4.78, 5) is 31.9. The number of hydrogen-bond acceptors (Lipinski definition) is 6. The Hall–Kier alpha value is -3.28. The molecule has 1 fully saturated rings. The van der Waals surface area contributed by atoms with E-state index in [0.717, 1.165) is 17.7 Å². The third-order valence-electron chi connectivity index (χ3n) is 5.20. The van der Waals surface area contributed by atoms with Crippen molar-refractivity contribution in [1.29, 1.82) is 0 Å². The van der Waals surface area contributed by atoms with Crippen LogP contribution >= 0.6 is 35.3 Å². The summed E-state index contributed by atoms with van der Waals surface area (Å²) >= 11 is 7.68. The first-order valence-electron chi connectivity index (χ1n) is 11.1. The van der Waals surface area contributed by atoms with E-state index < -0.39 is 11.7 Å². The Morgan fingerprint density at radius 1 is 1.14 bits per heavy atom. The molecule has 1 aliphatic heterocycles. The predicted molar refractivity (Wildman–Crippen MR) is 145 cm³/mol. The summed E-state index contributed by atoms with van der Waals surface area (Å²) in [6.45, 7) is 0.124. The monoisotopic (exact) mass is 559 g/mol. The molecule has 0 radical (unpaired) electrons. The van der Waals surface area contributed by atoms with Crippen LogP contribution in [0.15, 0.2) is 77.9 Å². The molecule has 0 unspecified atom stereocenters. The lowest BCUT2D eigenvalue weighted by atomic mass is 10.1. The Balaban J connectivity index is 1.28. The van der Waals surface area contributed by atoms with Crippen LogP contribution in [0.4, 0.5) is 18.3 Å². The number of thiazole rings is 1. The quantitative estimate of drug-likeness (QED) is 0.251. The molecule has 190 valence electrons. The van der Waals surface area contributed by atoms with Crippen molar-refractivity contribution >= 4 is 62.7 Å². The minimum absolute atomic E-state index is 0.0160. The molecule has 2 heterocycles. The van der Waals surface area contributed by atoms with E-state index in [1.54, 1.807) is 18.2 Å². The fourth-order valence-corrected chi connectivity index (χ4v) is 5.54. The summed E-state index contributed by atoms with van der Waals surface area (Å²) < 4.78 is 39.2. The number of alkyl halides is 3. The summed E-state index contributed by atoms with van der Waals surface area (Å²) in [7, 11) is 0. The van der Waals surface area contributed by atoms with Crippen molar-refractivity contribution in [3.8, 4) is 0 Å². The van der Waals surface area contributed by atoms with Gasteiger partial charge < -0.3 is 5.32 Å². The summed E-state index contributed by atoms with van der Waals surface area (Å²) in [5.74, 6) is -0.597. The maximum atomic E-state index is 12.9. The maximum absolute atomic E-state index is 12.9. The van der Waals surface area contributed by atoms with Gasteiger partial charge in [-0.3, -0.25) is 14.5 Å². The molecule has 1 saturated heterocycles. The zero-order valence-electron chi connectivity index (χ0n) is 19.2. The molecule has 1 aliphatic rings. The highest BCUT2D eigenvalue weighted by atomic mass is 32.2. The number of nitrogens with one attached hydrogen (secondary N) is 1. The minimum atomic E-state index is -4.41. The number of rotatable bonds is 8. The number of nitrogens with zero attached hydrogens (tertiary/aromatic N) is 2. The van der Waals surface area contributed by atoms with Crippen molar-refractivity contribution in [2.24, 2.45) is 0 Å². The van der Waals surface area contributed by atoms with Gasteiger partial charge in [0.05, 0.1) is 10.5 Å². The number of carbonyl (C=O) groups excluding carboxylic acids is 2. The second-order valence-corrected chi connectivity index (χ2v) is 10.7. The van der Waals surface area contributed by atoms with Crippen LogP contribution in [0.1, 0.15) is 28.0 Å². The molecule has 11 heteroatoms. The van der Waals surface area contributed by atoms with E-state index in [4.69, 9.17) is 12.2 Å². The highest BCUT2D eigenvalue weighted by Crippen LogP contribution is 2.32. The Morgan fingerprint density at radius 2 is 1.92 bits per heavy atom. The molecule has 2 amide bonds. The number of thioether (sulfide) groups is 1. The average Bonchev–Trinajstić information content (AvgIpc) is 3.40. The number of allylic oxidation sites excluding steroid dienone is 2. The summed E-state index contributed by atoms with van der Waals surface area (Å²) in [5, 5.41) is 3.01. The summed E-state index contributed by atoms with van der Waals surface area (Å²) in [5.41, 5.74) is 0.796. The molecule has 0 atom stereocenters. The molecule has 1 aromatic heterocycles. The Bertz CT molecular complexity index is 1370. The van der Waals surface area contributed by atoms with E-state index in [1.165, 1.54) is 40.3 Å². The van der Waals surface area contributed by atoms with Gasteiger partial charge in [-0.2, -0.15) is 13.2 Å². The van der Waals surface area contributed by atoms with Crippen molar-refractivity contribution < 1.29 is 22.8 Å². The standard InChI is InChI=1S/C26H20F3N3O2S3/c27-26(28,29)19-10-4-9-18(14-19)15-20-16-30-24(36-20)31-22(33)12-13-32-23(34)21(37-25(32)35)11-5-8-17-6-2-1-3-7-17/h1-11,14,16H,12-13,15H2,(H,30,31,33)/b8-5+,21-11-. The topological polar surface area (TPSA) is 62.3 Å². The highest BCUT2D eigenvalue weighted by molar-refractivity contribution is 8.26. The third kappa shape index (κ3) is 7.37. The SMILES string of the molecule is O=C(CCN1C(=O)/C(=C/C=C/c2ccccc2)SC1=S)Nc1ncc(Cc2cccc(C(F)(F)F)c2)s1. The number of hydrogen-bond donors (Lipinski definition) is 1. The number of halogens is 3. The predicted octanol–water partition coefficient (Wildman–Crippen LogP) is 6.54. The van der Waals surface area contributed by atoms with Gasteiger partial charge in [0.1, 0.15) is 4.32 Å². The number of amides is 2. The van der Waals surface area contributed by atoms with E-state index in [9.17, 15) is 22.8 Å². The summed E-state index contributed by atoms with van der Waals surface area (Å²) in [6, 6.07) is 14.8. The first-order chi connectivity index (χ1) is 17.7. The van der Waals surface area contributed by atoms with Crippen LogP contribution in [0.5, 0.6) is 0 Å². The lowest BCUT2D eigenvalue weighted by Gasteiger charge is -2.13. The normalized spacial score (nSPS) is 15.2. The van der Waals surface area contributed by atoms with Gasteiger partial charge in [0, 0.05) is 30.5 Å². The average molecular weight is 560 g/mol. The van der Waals surface area contributed by atoms with Gasteiger partial charge in [-0.15, -0.1) is 11.3 Å². The van der Waals surface area contributed by atoms with Crippen molar-refractivity contribution in [3.63, 3.8) is 0 Å². The first-order valence-corrected chi connectivity index (χ1v) is 13.1. The fraction of sp³-hybridized carbons (Fsp3) is 0.154. The number of thiocarbonyl (C=S) groups is 1. The van der Waals surface area contributed by atoms with Crippen LogP contribution in [-0.2, 0) is 22.2 Å². The maximum Gasteiger partial charge on any atom is 0.416 e.